The van der Waals surface area contributed by atoms with Gasteiger partial charge in [0.15, 0.2) is 0 Å². The van der Waals surface area contributed by atoms with Gasteiger partial charge in [-0.1, -0.05) is 23.7 Å². The van der Waals surface area contributed by atoms with Crippen molar-refractivity contribution in [3.8, 4) is 16.9 Å². The van der Waals surface area contributed by atoms with Crippen LogP contribution in [0.25, 0.3) is 11.1 Å². The average molecular weight is 374 g/mol. The van der Waals surface area contributed by atoms with Crippen molar-refractivity contribution in [3.63, 3.8) is 0 Å². The lowest BCUT2D eigenvalue weighted by Gasteiger charge is -2.25. The second-order valence-corrected chi connectivity index (χ2v) is 7.18. The number of carbonyl (C=O) groups is 1. The number of phenolic OH excluding ortho intramolecular Hbond substituents is 1. The summed E-state index contributed by atoms with van der Waals surface area (Å²) in [4.78, 5) is 14.5. The van der Waals surface area contributed by atoms with Crippen LogP contribution in [0.1, 0.15) is 36.0 Å². The molecule has 138 valence electrons. The van der Waals surface area contributed by atoms with Crippen molar-refractivity contribution in [2.24, 2.45) is 0 Å². The van der Waals surface area contributed by atoms with Crippen LogP contribution in [0.4, 0.5) is 0 Å². The molecule has 1 saturated heterocycles. The molecule has 0 saturated carbocycles. The van der Waals surface area contributed by atoms with E-state index in [0.29, 0.717) is 22.7 Å². The van der Waals surface area contributed by atoms with Crippen molar-refractivity contribution in [2.45, 2.75) is 31.8 Å². The summed E-state index contributed by atoms with van der Waals surface area (Å²) in [6.45, 7) is 1.49. The second kappa shape index (κ2) is 8.56. The maximum Gasteiger partial charge on any atom is 0.253 e. The summed E-state index contributed by atoms with van der Waals surface area (Å²) in [5.41, 5.74) is 1.97. The lowest BCUT2D eigenvalue weighted by molar-refractivity contribution is 0.00709. The van der Waals surface area contributed by atoms with E-state index >= 15 is 0 Å². The minimum absolute atomic E-state index is 0.0378. The summed E-state index contributed by atoms with van der Waals surface area (Å²) in [6, 6.07) is 12.2. The largest absolute Gasteiger partial charge is 0.507 e. The number of hydrogen-bond donors (Lipinski definition) is 1. The monoisotopic (exact) mass is 373 g/mol. The average Bonchev–Trinajstić information content (AvgIpc) is 2.68. The van der Waals surface area contributed by atoms with E-state index in [4.69, 9.17) is 16.3 Å². The first kappa shape index (κ1) is 18.7. The molecule has 1 amide bonds. The Kier molecular flexibility index (Phi) is 6.17. The van der Waals surface area contributed by atoms with Crippen molar-refractivity contribution in [2.75, 3.05) is 20.2 Å². The Bertz CT molecular complexity index is 772. The van der Waals surface area contributed by atoms with Gasteiger partial charge in [-0.2, -0.15) is 0 Å². The molecular formula is C21H24ClNO3. The standard InChI is InChI=1S/C21H24ClNO3/c1-23(11-10-18-7-2-3-12-26-18)21(25)16-6-4-5-15(13-16)19-14-17(22)8-9-20(19)24/h4-6,8-9,13-14,18,24H,2-3,7,10-12H2,1H3/t18-/m0/s1. The predicted octanol–water partition coefficient (Wildman–Crippen LogP) is 4.74. The van der Waals surface area contributed by atoms with Crippen LogP contribution in [0.5, 0.6) is 5.75 Å². The van der Waals surface area contributed by atoms with Crippen LogP contribution in [0.15, 0.2) is 42.5 Å². The smallest absolute Gasteiger partial charge is 0.253 e. The molecule has 0 aromatic heterocycles. The van der Waals surface area contributed by atoms with Crippen molar-refractivity contribution in [3.05, 3.63) is 53.1 Å². The predicted molar refractivity (Wildman–Crippen MR) is 104 cm³/mol. The van der Waals surface area contributed by atoms with E-state index in [1.165, 1.54) is 6.42 Å². The van der Waals surface area contributed by atoms with Gasteiger partial charge in [0.25, 0.3) is 5.91 Å². The van der Waals surface area contributed by atoms with E-state index in [-0.39, 0.29) is 17.8 Å². The van der Waals surface area contributed by atoms with Crippen LogP contribution in [-0.2, 0) is 4.74 Å². The number of halogens is 1. The van der Waals surface area contributed by atoms with Gasteiger partial charge in [-0.3, -0.25) is 4.79 Å². The molecule has 1 fully saturated rings. The summed E-state index contributed by atoms with van der Waals surface area (Å²) in [7, 11) is 1.81. The molecule has 1 heterocycles. The summed E-state index contributed by atoms with van der Waals surface area (Å²) in [5.74, 6) is 0.103. The fraction of sp³-hybridized carbons (Fsp3) is 0.381. The first-order chi connectivity index (χ1) is 12.5. The Balaban J connectivity index is 1.70. The highest BCUT2D eigenvalue weighted by Crippen LogP contribution is 2.32. The Morgan fingerprint density at radius 1 is 1.27 bits per heavy atom. The Morgan fingerprint density at radius 3 is 2.88 bits per heavy atom. The zero-order valence-corrected chi connectivity index (χ0v) is 15.7. The number of amides is 1. The SMILES string of the molecule is CN(CC[C@@H]1CCCCO1)C(=O)c1cccc(-c2cc(Cl)ccc2O)c1. The molecule has 0 unspecified atom stereocenters. The fourth-order valence-corrected chi connectivity index (χ4v) is 3.43. The van der Waals surface area contributed by atoms with Gasteiger partial charge in [-0.15, -0.1) is 0 Å². The number of phenols is 1. The van der Waals surface area contributed by atoms with Gasteiger partial charge < -0.3 is 14.7 Å². The van der Waals surface area contributed by atoms with Crippen LogP contribution >= 0.6 is 11.6 Å². The van der Waals surface area contributed by atoms with E-state index < -0.39 is 0 Å². The Morgan fingerprint density at radius 2 is 2.12 bits per heavy atom. The highest BCUT2D eigenvalue weighted by molar-refractivity contribution is 6.31. The van der Waals surface area contributed by atoms with Gasteiger partial charge in [0, 0.05) is 36.3 Å². The molecule has 0 bridgehead atoms. The molecule has 1 aliphatic heterocycles. The van der Waals surface area contributed by atoms with Crippen molar-refractivity contribution in [1.29, 1.82) is 0 Å². The van der Waals surface area contributed by atoms with Gasteiger partial charge in [-0.25, -0.2) is 0 Å². The lowest BCUT2D eigenvalue weighted by Crippen LogP contribution is -2.31. The fourth-order valence-electron chi connectivity index (χ4n) is 3.25. The molecule has 1 aliphatic rings. The van der Waals surface area contributed by atoms with Crippen LogP contribution in [0.3, 0.4) is 0 Å². The number of aromatic hydroxyl groups is 1. The highest BCUT2D eigenvalue weighted by atomic mass is 35.5. The number of ether oxygens (including phenoxy) is 1. The molecule has 5 heteroatoms. The topological polar surface area (TPSA) is 49.8 Å². The minimum Gasteiger partial charge on any atom is -0.507 e. The van der Waals surface area contributed by atoms with Crippen molar-refractivity contribution < 1.29 is 14.6 Å². The Hall–Kier alpha value is -2.04. The van der Waals surface area contributed by atoms with Crippen LogP contribution in [-0.4, -0.2) is 42.2 Å². The number of hydrogen-bond acceptors (Lipinski definition) is 3. The number of rotatable bonds is 5. The van der Waals surface area contributed by atoms with Crippen molar-refractivity contribution >= 4 is 17.5 Å². The lowest BCUT2D eigenvalue weighted by atomic mass is 10.0. The molecule has 0 aliphatic carbocycles. The summed E-state index contributed by atoms with van der Waals surface area (Å²) in [6.07, 6.45) is 4.53. The third kappa shape index (κ3) is 4.57. The van der Waals surface area contributed by atoms with Crippen LogP contribution in [0.2, 0.25) is 5.02 Å². The first-order valence-corrected chi connectivity index (χ1v) is 9.38. The van der Waals surface area contributed by atoms with Crippen molar-refractivity contribution in [1.82, 2.24) is 4.90 Å². The zero-order valence-electron chi connectivity index (χ0n) is 15.0. The molecule has 4 nitrogen and oxygen atoms in total. The van der Waals surface area contributed by atoms with Gasteiger partial charge in [-0.05, 0) is 61.6 Å². The van der Waals surface area contributed by atoms with Crippen LogP contribution in [0, 0.1) is 0 Å². The molecule has 2 aromatic carbocycles. The van der Waals surface area contributed by atoms with E-state index in [1.807, 2.05) is 19.2 Å². The molecule has 2 aromatic rings. The first-order valence-electron chi connectivity index (χ1n) is 9.00. The van der Waals surface area contributed by atoms with E-state index in [1.54, 1.807) is 35.2 Å². The molecule has 0 spiro atoms. The molecule has 0 radical (unpaired) electrons. The minimum atomic E-state index is -0.0378. The van der Waals surface area contributed by atoms with E-state index in [2.05, 4.69) is 0 Å². The van der Waals surface area contributed by atoms with E-state index in [9.17, 15) is 9.90 Å². The van der Waals surface area contributed by atoms with Crippen LogP contribution < -0.4 is 0 Å². The number of nitrogens with zero attached hydrogens (tertiary/aromatic N) is 1. The number of carbonyl (C=O) groups excluding carboxylic acids is 1. The molecular weight excluding hydrogens is 350 g/mol. The van der Waals surface area contributed by atoms with Gasteiger partial charge in [0.2, 0.25) is 0 Å². The quantitative estimate of drug-likeness (QED) is 0.823. The third-order valence-electron chi connectivity index (χ3n) is 4.79. The maximum absolute atomic E-state index is 12.7. The summed E-state index contributed by atoms with van der Waals surface area (Å²) in [5, 5.41) is 10.6. The second-order valence-electron chi connectivity index (χ2n) is 6.75. The van der Waals surface area contributed by atoms with E-state index in [0.717, 1.165) is 31.4 Å². The van der Waals surface area contributed by atoms with Gasteiger partial charge in [0.1, 0.15) is 5.75 Å². The molecule has 1 atom stereocenters. The highest BCUT2D eigenvalue weighted by Gasteiger charge is 2.18. The third-order valence-corrected chi connectivity index (χ3v) is 5.02. The molecule has 26 heavy (non-hydrogen) atoms. The Labute approximate surface area is 159 Å². The van der Waals surface area contributed by atoms with Gasteiger partial charge in [0.05, 0.1) is 6.10 Å². The number of benzene rings is 2. The summed E-state index contributed by atoms with van der Waals surface area (Å²) < 4.78 is 5.74. The zero-order chi connectivity index (χ0) is 18.5. The summed E-state index contributed by atoms with van der Waals surface area (Å²) >= 11 is 6.04. The molecule has 3 rings (SSSR count). The van der Waals surface area contributed by atoms with Gasteiger partial charge >= 0.3 is 0 Å². The molecule has 1 N–H and O–H groups in total. The maximum atomic E-state index is 12.7. The normalized spacial score (nSPS) is 17.1.